The van der Waals surface area contributed by atoms with E-state index in [0.29, 0.717) is 0 Å². The average molecular weight is 650 g/mol. The van der Waals surface area contributed by atoms with Crippen molar-refractivity contribution in [3.8, 4) is 33.6 Å². The van der Waals surface area contributed by atoms with E-state index < -0.39 is 11.1 Å². The number of aryl methyl sites for hydroxylation is 2. The Hall–Kier alpha value is -6.32. The first-order valence-corrected chi connectivity index (χ1v) is 18.0. The summed E-state index contributed by atoms with van der Waals surface area (Å²) in [4.78, 5) is 0. The van der Waals surface area contributed by atoms with Gasteiger partial charge in [-0.2, -0.15) is 8.97 Å². The van der Waals surface area contributed by atoms with Crippen molar-refractivity contribution in [1.29, 1.82) is 0 Å². The van der Waals surface area contributed by atoms with Crippen LogP contribution in [0.2, 0.25) is 0 Å². The summed E-state index contributed by atoms with van der Waals surface area (Å²) >= 11 is 0. The Morgan fingerprint density at radius 2 is 1.16 bits per heavy atom. The second kappa shape index (κ2) is 8.51. The van der Waals surface area contributed by atoms with Gasteiger partial charge >= 0.3 is 11.3 Å². The van der Waals surface area contributed by atoms with Crippen LogP contribution >= 0.6 is 0 Å². The number of para-hydroxylation sites is 1. The fraction of sp³-hybridized carbons (Fsp3) is 0.0833. The zero-order chi connectivity index (χ0) is 33.4. The maximum atomic E-state index is 2.67. The molecular formula is C48H31N3+2. The molecule has 51 heavy (non-hydrogen) atoms. The van der Waals surface area contributed by atoms with Crippen molar-refractivity contribution in [3.63, 3.8) is 0 Å². The third-order valence-corrected chi connectivity index (χ3v) is 12.9. The lowest BCUT2D eigenvalue weighted by molar-refractivity contribution is -0.950. The topological polar surface area (TPSA) is 12.2 Å². The molecule has 6 aromatic carbocycles. The fourth-order valence-corrected chi connectivity index (χ4v) is 11.3. The van der Waals surface area contributed by atoms with E-state index in [4.69, 9.17) is 0 Å². The molecule has 0 radical (unpaired) electrons. The van der Waals surface area contributed by atoms with Crippen molar-refractivity contribution in [1.82, 2.24) is 4.40 Å². The molecule has 0 saturated heterocycles. The van der Waals surface area contributed by atoms with Crippen molar-refractivity contribution < 1.29 is 9.13 Å². The van der Waals surface area contributed by atoms with Gasteiger partial charge in [0, 0.05) is 28.5 Å². The maximum Gasteiger partial charge on any atom is 0.365 e. The predicted octanol–water partition coefficient (Wildman–Crippen LogP) is 9.37. The quantitative estimate of drug-likeness (QED) is 0.124. The second-order valence-electron chi connectivity index (χ2n) is 14.9. The van der Waals surface area contributed by atoms with Crippen molar-refractivity contribution in [3.05, 3.63) is 196 Å². The van der Waals surface area contributed by atoms with Gasteiger partial charge in [-0.25, -0.2) is 0 Å². The van der Waals surface area contributed by atoms with Crippen LogP contribution in [0.25, 0.3) is 61.0 Å². The summed E-state index contributed by atoms with van der Waals surface area (Å²) in [7, 11) is 0. The molecule has 4 aliphatic rings. The highest BCUT2D eigenvalue weighted by molar-refractivity contribution is 6.15. The number of pyridine rings is 2. The summed E-state index contributed by atoms with van der Waals surface area (Å²) in [5.41, 5.74) is 20.1. The fourth-order valence-electron chi connectivity index (χ4n) is 11.3. The van der Waals surface area contributed by atoms with Crippen LogP contribution in [0, 0.1) is 13.8 Å². The minimum atomic E-state index is -0.602. The highest BCUT2D eigenvalue weighted by Crippen LogP contribution is 2.65. The first-order valence-electron chi connectivity index (χ1n) is 18.0. The lowest BCUT2D eigenvalue weighted by Gasteiger charge is -2.42. The summed E-state index contributed by atoms with van der Waals surface area (Å²) in [6.07, 6.45) is 4.82. The Bertz CT molecular complexity index is 3060. The first kappa shape index (κ1) is 26.5. The number of benzene rings is 6. The van der Waals surface area contributed by atoms with Gasteiger partial charge in [-0.1, -0.05) is 109 Å². The Labute approximate surface area is 294 Å². The Morgan fingerprint density at radius 3 is 1.96 bits per heavy atom. The molecule has 1 atom stereocenters. The van der Waals surface area contributed by atoms with Gasteiger partial charge in [-0.15, -0.1) is 4.57 Å². The molecule has 2 aliphatic carbocycles. The molecule has 2 aliphatic heterocycles. The van der Waals surface area contributed by atoms with Crippen LogP contribution in [-0.4, -0.2) is 4.40 Å². The standard InChI is InChI=1S/C48H31N3/c1-28-13-11-14-29(2)42(28)41-27-50-46-43-33(32-17-5-8-23-40(32)51(41)46)24-25-38-45(43)48(50)44-34(39-22-9-10-26-49(39)48)18-12-21-37(44)47(38)35-19-6-3-15-30(35)31-16-4-7-20-36(31)47/h3-27H,1-2H3/q+2. The first-order chi connectivity index (χ1) is 25.2. The van der Waals surface area contributed by atoms with Crippen LogP contribution in [0.4, 0.5) is 0 Å². The van der Waals surface area contributed by atoms with Gasteiger partial charge in [0.25, 0.3) is 0 Å². The number of imidazole rings is 1. The van der Waals surface area contributed by atoms with Gasteiger partial charge in [-0.05, 0) is 76.6 Å². The van der Waals surface area contributed by atoms with E-state index in [9.17, 15) is 0 Å². The summed E-state index contributed by atoms with van der Waals surface area (Å²) < 4.78 is 7.85. The number of hydrogen-bond donors (Lipinski definition) is 0. The minimum absolute atomic E-state index is 0.462. The molecule has 3 heteroatoms. The van der Waals surface area contributed by atoms with Gasteiger partial charge in [0.2, 0.25) is 5.69 Å². The normalized spacial score (nSPS) is 17.5. The summed E-state index contributed by atoms with van der Waals surface area (Å²) in [6, 6.07) is 52.9. The van der Waals surface area contributed by atoms with Crippen molar-refractivity contribution in [2.45, 2.75) is 24.9 Å². The number of rotatable bonds is 1. The summed E-state index contributed by atoms with van der Waals surface area (Å²) in [5, 5.41) is 3.95. The van der Waals surface area contributed by atoms with Crippen molar-refractivity contribution >= 4 is 27.3 Å². The molecule has 0 amide bonds. The van der Waals surface area contributed by atoms with E-state index in [2.05, 4.69) is 179 Å². The highest BCUT2D eigenvalue weighted by atomic mass is 15.3. The van der Waals surface area contributed by atoms with E-state index in [0.717, 1.165) is 0 Å². The SMILES string of the molecule is Cc1cccc(C)c1-c1c[n+]2c3c4c5c(ccc4c4ccccc4n13)C1(c3ccccc3-c3ccccc31)c1cccc3c1C52[n+]1ccccc1-3. The van der Waals surface area contributed by atoms with Gasteiger partial charge in [0.15, 0.2) is 11.9 Å². The molecule has 0 fully saturated rings. The largest absolute Gasteiger partial charge is 0.365 e. The number of fused-ring (bicyclic) bond motifs is 12. The second-order valence-corrected chi connectivity index (χ2v) is 14.9. The molecule has 0 bridgehead atoms. The predicted molar refractivity (Wildman–Crippen MR) is 202 cm³/mol. The molecule has 2 spiro atoms. The molecular weight excluding hydrogens is 619 g/mol. The van der Waals surface area contributed by atoms with Crippen LogP contribution in [0.1, 0.15) is 44.5 Å². The number of hydrogen-bond acceptors (Lipinski definition) is 0. The van der Waals surface area contributed by atoms with Gasteiger partial charge < -0.3 is 0 Å². The minimum Gasteiger partial charge on any atom is -0.187 e. The van der Waals surface area contributed by atoms with Crippen molar-refractivity contribution in [2.24, 2.45) is 0 Å². The van der Waals surface area contributed by atoms with Crippen LogP contribution in [0.3, 0.4) is 0 Å². The molecule has 3 aromatic heterocycles. The van der Waals surface area contributed by atoms with Gasteiger partial charge in [0.05, 0.1) is 27.5 Å². The molecule has 0 saturated carbocycles. The van der Waals surface area contributed by atoms with Crippen LogP contribution in [0.5, 0.6) is 0 Å². The molecule has 9 aromatic rings. The Balaban J connectivity index is 1.35. The Morgan fingerprint density at radius 1 is 0.510 bits per heavy atom. The van der Waals surface area contributed by atoms with Crippen LogP contribution < -0.4 is 9.13 Å². The van der Waals surface area contributed by atoms with E-state index in [-0.39, 0.29) is 0 Å². The molecule has 13 rings (SSSR count). The van der Waals surface area contributed by atoms with Crippen LogP contribution in [0.15, 0.2) is 152 Å². The molecule has 1 unspecified atom stereocenters. The van der Waals surface area contributed by atoms with E-state index >= 15 is 0 Å². The van der Waals surface area contributed by atoms with Crippen molar-refractivity contribution in [2.75, 3.05) is 0 Å². The third kappa shape index (κ3) is 2.60. The summed E-state index contributed by atoms with van der Waals surface area (Å²) in [5.74, 6) is 0. The van der Waals surface area contributed by atoms with Gasteiger partial charge in [0.1, 0.15) is 11.7 Å². The summed E-state index contributed by atoms with van der Waals surface area (Å²) in [6.45, 7) is 4.52. The molecule has 3 nitrogen and oxygen atoms in total. The smallest absolute Gasteiger partial charge is 0.187 e. The van der Waals surface area contributed by atoms with Gasteiger partial charge in [-0.3, -0.25) is 0 Å². The average Bonchev–Trinajstić information content (AvgIpc) is 3.88. The van der Waals surface area contributed by atoms with E-state index in [1.807, 2.05) is 0 Å². The van der Waals surface area contributed by atoms with E-state index in [1.54, 1.807) is 0 Å². The zero-order valence-electron chi connectivity index (χ0n) is 28.3. The Kier molecular flexibility index (Phi) is 4.43. The van der Waals surface area contributed by atoms with E-state index in [1.165, 1.54) is 105 Å². The van der Waals surface area contributed by atoms with Crippen LogP contribution in [-0.2, 0) is 11.1 Å². The lowest BCUT2D eigenvalue weighted by Crippen LogP contribution is -2.73. The number of aromatic nitrogens is 3. The lowest BCUT2D eigenvalue weighted by atomic mass is 9.58. The molecule has 0 N–H and O–H groups in total. The monoisotopic (exact) mass is 649 g/mol. The maximum absolute atomic E-state index is 2.67. The highest BCUT2D eigenvalue weighted by Gasteiger charge is 2.71. The molecule has 236 valence electrons. The zero-order valence-corrected chi connectivity index (χ0v) is 28.3. The number of nitrogens with zero attached hydrogens (tertiary/aromatic N) is 3. The third-order valence-electron chi connectivity index (χ3n) is 12.9. The molecule has 5 heterocycles.